The fraction of sp³-hybridized carbons (Fsp3) is 0.0714. The SMILES string of the molecule is COc1ccsc1-c1onc(N)c1-c1cccc(Cl)c1. The minimum Gasteiger partial charge on any atom is -0.495 e. The fourth-order valence-corrected chi connectivity index (χ4v) is 3.04. The van der Waals surface area contributed by atoms with Crippen LogP contribution in [0.5, 0.6) is 5.75 Å². The molecule has 0 atom stereocenters. The molecule has 0 fully saturated rings. The first-order valence-corrected chi connectivity index (χ1v) is 7.09. The maximum Gasteiger partial charge on any atom is 0.190 e. The number of benzene rings is 1. The molecule has 0 aliphatic heterocycles. The first-order valence-electron chi connectivity index (χ1n) is 5.83. The highest BCUT2D eigenvalue weighted by atomic mass is 35.5. The largest absolute Gasteiger partial charge is 0.495 e. The molecule has 0 spiro atoms. The summed E-state index contributed by atoms with van der Waals surface area (Å²) in [5.41, 5.74) is 7.53. The number of halogens is 1. The summed E-state index contributed by atoms with van der Waals surface area (Å²) >= 11 is 7.54. The van der Waals surface area contributed by atoms with E-state index in [1.54, 1.807) is 13.2 Å². The van der Waals surface area contributed by atoms with E-state index in [1.807, 2.05) is 29.6 Å². The van der Waals surface area contributed by atoms with Gasteiger partial charge in [-0.2, -0.15) is 0 Å². The molecule has 3 aromatic rings. The molecule has 102 valence electrons. The van der Waals surface area contributed by atoms with Crippen LogP contribution in [0.4, 0.5) is 5.82 Å². The van der Waals surface area contributed by atoms with Crippen LogP contribution in [0.2, 0.25) is 5.02 Å². The van der Waals surface area contributed by atoms with E-state index in [9.17, 15) is 0 Å². The second-order valence-corrected chi connectivity index (χ2v) is 5.45. The second kappa shape index (κ2) is 5.19. The number of nitrogens with two attached hydrogens (primary N) is 1. The van der Waals surface area contributed by atoms with Crippen molar-refractivity contribution in [2.24, 2.45) is 0 Å². The van der Waals surface area contributed by atoms with Crippen LogP contribution >= 0.6 is 22.9 Å². The van der Waals surface area contributed by atoms with Gasteiger partial charge in [-0.15, -0.1) is 11.3 Å². The lowest BCUT2D eigenvalue weighted by molar-refractivity contribution is 0.409. The first-order chi connectivity index (χ1) is 9.70. The number of hydrogen-bond donors (Lipinski definition) is 1. The molecule has 4 nitrogen and oxygen atoms in total. The topological polar surface area (TPSA) is 61.3 Å². The average Bonchev–Trinajstić information content (AvgIpc) is 3.04. The summed E-state index contributed by atoms with van der Waals surface area (Å²) in [5, 5.41) is 6.42. The Morgan fingerprint density at radius 1 is 1.35 bits per heavy atom. The van der Waals surface area contributed by atoms with Gasteiger partial charge in [-0.1, -0.05) is 28.9 Å². The minimum absolute atomic E-state index is 0.331. The highest BCUT2D eigenvalue weighted by Gasteiger charge is 2.21. The van der Waals surface area contributed by atoms with E-state index in [0.29, 0.717) is 16.6 Å². The molecule has 0 saturated heterocycles. The maximum atomic E-state index is 6.04. The van der Waals surface area contributed by atoms with Crippen molar-refractivity contribution in [2.75, 3.05) is 12.8 Å². The molecule has 6 heteroatoms. The van der Waals surface area contributed by atoms with Gasteiger partial charge in [-0.3, -0.25) is 0 Å². The molecule has 3 rings (SSSR count). The number of aromatic nitrogens is 1. The molecule has 0 amide bonds. The number of hydrogen-bond acceptors (Lipinski definition) is 5. The van der Waals surface area contributed by atoms with Crippen LogP contribution in [0.25, 0.3) is 21.8 Å². The summed E-state index contributed by atoms with van der Waals surface area (Å²) in [4.78, 5) is 0.853. The van der Waals surface area contributed by atoms with Gasteiger partial charge >= 0.3 is 0 Å². The lowest BCUT2D eigenvalue weighted by atomic mass is 10.1. The molecule has 20 heavy (non-hydrogen) atoms. The number of methoxy groups -OCH3 is 1. The quantitative estimate of drug-likeness (QED) is 0.783. The third kappa shape index (κ3) is 2.15. The number of anilines is 1. The lowest BCUT2D eigenvalue weighted by Crippen LogP contribution is -1.89. The van der Waals surface area contributed by atoms with E-state index in [-0.39, 0.29) is 0 Å². The zero-order valence-corrected chi connectivity index (χ0v) is 12.2. The molecular weight excluding hydrogens is 296 g/mol. The van der Waals surface area contributed by atoms with Gasteiger partial charge in [0.2, 0.25) is 0 Å². The first kappa shape index (κ1) is 13.0. The Labute approximate surface area is 124 Å². The van der Waals surface area contributed by atoms with Crippen molar-refractivity contribution < 1.29 is 9.26 Å². The van der Waals surface area contributed by atoms with Crippen molar-refractivity contribution in [1.82, 2.24) is 5.16 Å². The molecule has 0 bridgehead atoms. The molecule has 2 heterocycles. The summed E-state index contributed by atoms with van der Waals surface area (Å²) in [6.07, 6.45) is 0. The molecule has 2 aromatic heterocycles. The standard InChI is InChI=1S/C14H11ClN2O2S/c1-18-10-5-6-20-13(10)12-11(14(16)17-19-12)8-3-2-4-9(15)7-8/h2-7H,1H3,(H2,16,17). The number of nitrogen functional groups attached to an aromatic ring is 1. The summed E-state index contributed by atoms with van der Waals surface area (Å²) in [6.45, 7) is 0. The van der Waals surface area contributed by atoms with Crippen LogP contribution in [0, 0.1) is 0 Å². The van der Waals surface area contributed by atoms with Gasteiger partial charge < -0.3 is 15.0 Å². The summed E-state index contributed by atoms with van der Waals surface area (Å²) in [6, 6.07) is 9.28. The summed E-state index contributed by atoms with van der Waals surface area (Å²) in [5.74, 6) is 1.66. The van der Waals surface area contributed by atoms with Crippen LogP contribution in [0.1, 0.15) is 0 Å². The molecule has 1 aromatic carbocycles. The molecule has 2 N–H and O–H groups in total. The maximum absolute atomic E-state index is 6.04. The lowest BCUT2D eigenvalue weighted by Gasteiger charge is -2.04. The van der Waals surface area contributed by atoms with Crippen molar-refractivity contribution in [3.8, 4) is 27.5 Å². The third-order valence-electron chi connectivity index (χ3n) is 2.89. The van der Waals surface area contributed by atoms with Crippen molar-refractivity contribution in [1.29, 1.82) is 0 Å². The van der Waals surface area contributed by atoms with E-state index < -0.39 is 0 Å². The van der Waals surface area contributed by atoms with Crippen LogP contribution in [-0.4, -0.2) is 12.3 Å². The average molecular weight is 307 g/mol. The summed E-state index contributed by atoms with van der Waals surface area (Å²) < 4.78 is 10.7. The van der Waals surface area contributed by atoms with Gasteiger partial charge in [0.15, 0.2) is 11.6 Å². The Bertz CT molecular complexity index is 751. The van der Waals surface area contributed by atoms with Crippen molar-refractivity contribution in [3.63, 3.8) is 0 Å². The van der Waals surface area contributed by atoms with Gasteiger partial charge in [0.05, 0.1) is 12.7 Å². The Morgan fingerprint density at radius 3 is 2.95 bits per heavy atom. The van der Waals surface area contributed by atoms with Crippen LogP contribution in [0.15, 0.2) is 40.2 Å². The van der Waals surface area contributed by atoms with Gasteiger partial charge in [0, 0.05) is 5.02 Å². The van der Waals surface area contributed by atoms with E-state index in [4.69, 9.17) is 26.6 Å². The molecule has 0 unspecified atom stereocenters. The molecule has 0 aliphatic carbocycles. The van der Waals surface area contributed by atoms with Crippen molar-refractivity contribution in [2.45, 2.75) is 0 Å². The highest BCUT2D eigenvalue weighted by Crippen LogP contribution is 2.43. The van der Waals surface area contributed by atoms with Crippen molar-refractivity contribution >= 4 is 28.8 Å². The monoisotopic (exact) mass is 306 g/mol. The summed E-state index contributed by atoms with van der Waals surface area (Å²) in [7, 11) is 1.62. The predicted molar refractivity (Wildman–Crippen MR) is 81.2 cm³/mol. The zero-order chi connectivity index (χ0) is 14.1. The Kier molecular flexibility index (Phi) is 3.38. The van der Waals surface area contributed by atoms with Crippen LogP contribution in [0.3, 0.4) is 0 Å². The van der Waals surface area contributed by atoms with Crippen LogP contribution in [-0.2, 0) is 0 Å². The molecular formula is C14H11ClN2O2S. The number of ether oxygens (including phenoxy) is 1. The van der Waals surface area contributed by atoms with E-state index in [0.717, 1.165) is 21.8 Å². The van der Waals surface area contributed by atoms with Crippen molar-refractivity contribution in [3.05, 3.63) is 40.7 Å². The molecule has 0 radical (unpaired) electrons. The fourth-order valence-electron chi connectivity index (χ4n) is 2.00. The second-order valence-electron chi connectivity index (χ2n) is 4.10. The van der Waals surface area contributed by atoms with E-state index in [1.165, 1.54) is 11.3 Å². The van der Waals surface area contributed by atoms with Crippen LogP contribution < -0.4 is 10.5 Å². The zero-order valence-electron chi connectivity index (χ0n) is 10.6. The Balaban J connectivity index is 2.20. The van der Waals surface area contributed by atoms with Gasteiger partial charge in [-0.05, 0) is 29.1 Å². The van der Waals surface area contributed by atoms with Gasteiger partial charge in [0.25, 0.3) is 0 Å². The number of thiophene rings is 1. The Morgan fingerprint density at radius 2 is 2.20 bits per heavy atom. The normalized spacial score (nSPS) is 10.7. The molecule has 0 aliphatic rings. The van der Waals surface area contributed by atoms with E-state index >= 15 is 0 Å². The minimum atomic E-state index is 0.331. The van der Waals surface area contributed by atoms with Gasteiger partial charge in [-0.25, -0.2) is 0 Å². The highest BCUT2D eigenvalue weighted by molar-refractivity contribution is 7.14. The number of nitrogens with zero attached hydrogens (tertiary/aromatic N) is 1. The third-order valence-corrected chi connectivity index (χ3v) is 4.02. The predicted octanol–water partition coefficient (Wildman–Crippen LogP) is 4.31. The molecule has 0 saturated carbocycles. The number of rotatable bonds is 3. The van der Waals surface area contributed by atoms with E-state index in [2.05, 4.69) is 5.16 Å². The smallest absolute Gasteiger partial charge is 0.190 e. The Hall–Kier alpha value is -1.98. The van der Waals surface area contributed by atoms with Gasteiger partial charge in [0.1, 0.15) is 10.6 Å².